The second kappa shape index (κ2) is 6.97. The fraction of sp³-hybridized carbons (Fsp3) is 1.00. The number of rotatable bonds is 5. The summed E-state index contributed by atoms with van der Waals surface area (Å²) in [6.07, 6.45) is 7.85. The van der Waals surface area contributed by atoms with E-state index in [1.165, 1.54) is 25.7 Å². The molecule has 1 saturated heterocycles. The van der Waals surface area contributed by atoms with E-state index in [4.69, 9.17) is 0 Å². The molecule has 1 aliphatic heterocycles. The summed E-state index contributed by atoms with van der Waals surface area (Å²) >= 11 is 0. The van der Waals surface area contributed by atoms with Crippen molar-refractivity contribution >= 4 is 10.0 Å². The molecule has 0 aromatic rings. The first-order chi connectivity index (χ1) is 9.85. The zero-order valence-electron chi connectivity index (χ0n) is 13.9. The van der Waals surface area contributed by atoms with Gasteiger partial charge >= 0.3 is 0 Å². The Morgan fingerprint density at radius 2 is 1.81 bits per heavy atom. The Morgan fingerprint density at radius 3 is 2.38 bits per heavy atom. The minimum Gasteiger partial charge on any atom is -0.311 e. The lowest BCUT2D eigenvalue weighted by Gasteiger charge is -2.43. The van der Waals surface area contributed by atoms with Crippen molar-refractivity contribution in [1.82, 2.24) is 9.62 Å². The van der Waals surface area contributed by atoms with E-state index >= 15 is 0 Å². The fourth-order valence-electron chi connectivity index (χ4n) is 3.78. The first-order valence-electron chi connectivity index (χ1n) is 8.59. The Kier molecular flexibility index (Phi) is 5.71. The first kappa shape index (κ1) is 17.2. The van der Waals surface area contributed by atoms with E-state index in [0.29, 0.717) is 42.8 Å². The summed E-state index contributed by atoms with van der Waals surface area (Å²) in [6.45, 7) is 8.03. The second-order valence-electron chi connectivity index (χ2n) is 7.44. The van der Waals surface area contributed by atoms with Crippen molar-refractivity contribution in [3.63, 3.8) is 0 Å². The molecule has 0 spiro atoms. The number of sulfonamides is 1. The van der Waals surface area contributed by atoms with E-state index in [2.05, 4.69) is 19.2 Å². The average molecular weight is 317 g/mol. The molecule has 1 saturated carbocycles. The largest absolute Gasteiger partial charge is 0.311 e. The molecule has 0 amide bonds. The van der Waals surface area contributed by atoms with E-state index in [-0.39, 0.29) is 0 Å². The van der Waals surface area contributed by atoms with Crippen LogP contribution in [0.15, 0.2) is 0 Å². The highest BCUT2D eigenvalue weighted by Gasteiger charge is 2.35. The lowest BCUT2D eigenvalue weighted by Crippen LogP contribution is -2.52. The van der Waals surface area contributed by atoms with Crippen LogP contribution in [-0.2, 0) is 10.0 Å². The van der Waals surface area contributed by atoms with E-state index in [0.717, 1.165) is 12.8 Å². The van der Waals surface area contributed by atoms with Crippen molar-refractivity contribution in [1.29, 1.82) is 0 Å². The van der Waals surface area contributed by atoms with Gasteiger partial charge in [-0.15, -0.1) is 0 Å². The monoisotopic (exact) mass is 316 g/mol. The summed E-state index contributed by atoms with van der Waals surface area (Å²) in [4.78, 5) is 0. The molecule has 0 bridgehead atoms. The third-order valence-corrected chi connectivity index (χ3v) is 7.33. The van der Waals surface area contributed by atoms with Gasteiger partial charge in [0.15, 0.2) is 0 Å². The van der Waals surface area contributed by atoms with E-state index in [1.807, 2.05) is 6.92 Å². The summed E-state index contributed by atoms with van der Waals surface area (Å²) in [6, 6.07) is 1.08. The molecule has 1 unspecified atom stereocenters. The van der Waals surface area contributed by atoms with Crippen molar-refractivity contribution < 1.29 is 8.42 Å². The topological polar surface area (TPSA) is 49.4 Å². The van der Waals surface area contributed by atoms with Crippen molar-refractivity contribution in [2.45, 2.75) is 77.8 Å². The molecule has 2 fully saturated rings. The van der Waals surface area contributed by atoms with Gasteiger partial charge in [-0.2, -0.15) is 0 Å². The summed E-state index contributed by atoms with van der Waals surface area (Å²) in [5.74, 6) is 0.292. The van der Waals surface area contributed by atoms with Crippen LogP contribution >= 0.6 is 0 Å². The number of nitrogens with zero attached hydrogens (tertiary/aromatic N) is 1. The van der Waals surface area contributed by atoms with Gasteiger partial charge in [-0.25, -0.2) is 12.7 Å². The third kappa shape index (κ3) is 4.42. The van der Waals surface area contributed by atoms with Crippen LogP contribution in [0.3, 0.4) is 0 Å². The Hall–Kier alpha value is -0.130. The molecule has 0 aromatic carbocycles. The number of piperidine rings is 1. The minimum absolute atomic E-state index is 0.292. The molecule has 2 aliphatic rings. The van der Waals surface area contributed by atoms with E-state index in [9.17, 15) is 8.42 Å². The first-order valence-corrected chi connectivity index (χ1v) is 10.2. The van der Waals surface area contributed by atoms with Gasteiger partial charge in [0.2, 0.25) is 10.0 Å². The standard InChI is InChI=1S/C16H32N2O2S/c1-4-13-21(19,20)18-11-8-14(9-12-18)17-15-7-5-6-10-16(15,2)3/h14-15,17H,4-13H2,1-3H3. The van der Waals surface area contributed by atoms with Crippen LogP contribution < -0.4 is 5.32 Å². The Bertz CT molecular complexity index is 426. The zero-order chi connectivity index (χ0) is 15.5. The molecule has 0 aromatic heterocycles. The molecular formula is C16H32N2O2S. The summed E-state index contributed by atoms with van der Waals surface area (Å²) in [7, 11) is -3.01. The average Bonchev–Trinajstić information content (AvgIpc) is 2.42. The van der Waals surface area contributed by atoms with Gasteiger partial charge in [-0.3, -0.25) is 0 Å². The van der Waals surface area contributed by atoms with Gasteiger partial charge in [-0.1, -0.05) is 33.6 Å². The smallest absolute Gasteiger partial charge is 0.214 e. The summed E-state index contributed by atoms with van der Waals surface area (Å²) < 4.78 is 25.9. The molecule has 124 valence electrons. The molecule has 2 rings (SSSR count). The molecule has 21 heavy (non-hydrogen) atoms. The highest BCUT2D eigenvalue weighted by Crippen LogP contribution is 2.36. The Balaban J connectivity index is 1.84. The van der Waals surface area contributed by atoms with Gasteiger partial charge in [0.05, 0.1) is 5.75 Å². The Morgan fingerprint density at radius 1 is 1.14 bits per heavy atom. The Labute approximate surface area is 130 Å². The maximum atomic E-state index is 12.1. The van der Waals surface area contributed by atoms with Crippen molar-refractivity contribution in [3.05, 3.63) is 0 Å². The molecule has 0 radical (unpaired) electrons. The SMILES string of the molecule is CCCS(=O)(=O)N1CCC(NC2CCCCC2(C)C)CC1. The molecule has 5 heteroatoms. The maximum absolute atomic E-state index is 12.1. The molecule has 4 nitrogen and oxygen atoms in total. The molecule has 1 aliphatic carbocycles. The van der Waals surface area contributed by atoms with E-state index in [1.54, 1.807) is 4.31 Å². The van der Waals surface area contributed by atoms with Crippen LogP contribution in [0.1, 0.15) is 65.7 Å². The molecular weight excluding hydrogens is 284 g/mol. The van der Waals surface area contributed by atoms with Crippen LogP contribution in [0, 0.1) is 5.41 Å². The van der Waals surface area contributed by atoms with Crippen molar-refractivity contribution in [2.75, 3.05) is 18.8 Å². The van der Waals surface area contributed by atoms with Crippen LogP contribution in [-0.4, -0.2) is 43.6 Å². The molecule has 1 N–H and O–H groups in total. The highest BCUT2D eigenvalue weighted by molar-refractivity contribution is 7.89. The fourth-order valence-corrected chi connectivity index (χ4v) is 5.32. The normalized spacial score (nSPS) is 28.6. The molecule has 1 heterocycles. The maximum Gasteiger partial charge on any atom is 0.214 e. The third-order valence-electron chi connectivity index (χ3n) is 5.25. The van der Waals surface area contributed by atoms with Gasteiger partial charge in [0.1, 0.15) is 0 Å². The predicted octanol–water partition coefficient (Wildman–Crippen LogP) is 2.75. The van der Waals surface area contributed by atoms with Gasteiger partial charge < -0.3 is 5.32 Å². The van der Waals surface area contributed by atoms with Gasteiger partial charge in [0.25, 0.3) is 0 Å². The van der Waals surface area contributed by atoms with Crippen LogP contribution in [0.4, 0.5) is 0 Å². The van der Waals surface area contributed by atoms with Crippen LogP contribution in [0.25, 0.3) is 0 Å². The van der Waals surface area contributed by atoms with Gasteiger partial charge in [-0.05, 0) is 37.5 Å². The highest BCUT2D eigenvalue weighted by atomic mass is 32.2. The predicted molar refractivity (Wildman–Crippen MR) is 87.8 cm³/mol. The number of hydrogen-bond acceptors (Lipinski definition) is 3. The van der Waals surface area contributed by atoms with Crippen molar-refractivity contribution in [3.8, 4) is 0 Å². The lowest BCUT2D eigenvalue weighted by molar-refractivity contribution is 0.141. The summed E-state index contributed by atoms with van der Waals surface area (Å²) in [5, 5.41) is 3.83. The zero-order valence-corrected chi connectivity index (χ0v) is 14.7. The number of nitrogens with one attached hydrogen (secondary N) is 1. The van der Waals surface area contributed by atoms with Gasteiger partial charge in [0, 0.05) is 25.2 Å². The quantitative estimate of drug-likeness (QED) is 0.848. The number of hydrogen-bond donors (Lipinski definition) is 1. The van der Waals surface area contributed by atoms with Crippen LogP contribution in [0.5, 0.6) is 0 Å². The van der Waals surface area contributed by atoms with Crippen molar-refractivity contribution in [2.24, 2.45) is 5.41 Å². The summed E-state index contributed by atoms with van der Waals surface area (Å²) in [5.41, 5.74) is 0.379. The van der Waals surface area contributed by atoms with E-state index < -0.39 is 10.0 Å². The second-order valence-corrected chi connectivity index (χ2v) is 9.53. The minimum atomic E-state index is -3.01. The lowest BCUT2D eigenvalue weighted by atomic mass is 9.73. The molecule has 1 atom stereocenters. The van der Waals surface area contributed by atoms with Crippen LogP contribution in [0.2, 0.25) is 0 Å².